The molecule has 12 aromatic rings. The van der Waals surface area contributed by atoms with Crippen molar-refractivity contribution in [2.75, 3.05) is 71.0 Å². The summed E-state index contributed by atoms with van der Waals surface area (Å²) in [6.07, 6.45) is -22.2. The standard InChI is InChI=1S/6C17H20N2O5S/c6*1-2-3-9-19-14-10-12(17(20)21)11-15(25(18,22)23)16(14)24-13-7-5-4-6-8-13/h6*4-8,10-11,19H,2-3,9H2,1H3,(H,20,21)(H2,18,22,23)/i2D2,3D2,9D2;2D2,3D2,9D;2D2,9D2;2D2,9D;2D2,3D2;1D3/hD24. The Morgan fingerprint density at radius 1 is 0.280 bits per heavy atom. The summed E-state index contributed by atoms with van der Waals surface area (Å²) in [5.74, 6) is -11.6. The van der Waals surface area contributed by atoms with Crippen molar-refractivity contribution in [3.8, 4) is 69.0 Å². The van der Waals surface area contributed by atoms with Crippen LogP contribution in [-0.4, -0.2) is 156 Å². The number of sulfonamides is 6. The molecule has 0 fully saturated rings. The van der Waals surface area contributed by atoms with Crippen molar-refractivity contribution in [2.45, 2.75) is 148 Å². The molecule has 804 valence electrons. The maximum atomic E-state index is 12.8. The molecule has 2 atom stereocenters. The number of para-hydroxylation sites is 6. The predicted molar refractivity (Wildman–Crippen MR) is 568 cm³/mol. The highest BCUT2D eigenvalue weighted by Crippen LogP contribution is 2.45. The number of hydrogen-bond donors (Lipinski definition) is 18. The van der Waals surface area contributed by atoms with E-state index in [-0.39, 0.29) is 75.5 Å². The minimum Gasteiger partial charge on any atom is -0.478 e. The summed E-state index contributed by atoms with van der Waals surface area (Å²) >= 11 is 0. The number of primary sulfonamides is 6. The molecule has 12 aromatic carbocycles. The molecule has 24 N–H and O–H groups in total. The summed E-state index contributed by atoms with van der Waals surface area (Å²) < 4.78 is 559. The highest BCUT2D eigenvalue weighted by Gasteiger charge is 2.31. The molecule has 2 unspecified atom stereocenters. The minimum absolute atomic E-state index is 0.0151. The van der Waals surface area contributed by atoms with Gasteiger partial charge in [0, 0.05) is 73.4 Å². The largest absolute Gasteiger partial charge is 0.478 e. The Balaban J connectivity index is 0.000000317. The topological polar surface area (TPSA) is 712 Å². The van der Waals surface area contributed by atoms with Gasteiger partial charge in [-0.1, -0.05) is 189 Å². The van der Waals surface area contributed by atoms with Gasteiger partial charge in [0.25, 0.3) is 8.59 Å². The van der Waals surface area contributed by atoms with Gasteiger partial charge in [-0.2, -0.15) is 0 Å². The molecule has 0 amide bonds. The van der Waals surface area contributed by atoms with Crippen LogP contribution in [0.5, 0.6) is 69.0 Å². The molecule has 0 spiro atoms. The fourth-order valence-electron chi connectivity index (χ4n) is 11.5. The lowest BCUT2D eigenvalue weighted by Crippen LogP contribution is -2.16. The number of anilines is 6. The van der Waals surface area contributed by atoms with Gasteiger partial charge in [-0.05, 0) is 184 Å². The number of nitrogens with one attached hydrogen (secondary N) is 6. The molecule has 48 heteroatoms. The van der Waals surface area contributed by atoms with E-state index < -0.39 is 356 Å². The lowest BCUT2D eigenvalue weighted by atomic mass is 10.1. The van der Waals surface area contributed by atoms with E-state index in [9.17, 15) is 79.3 Å². The van der Waals surface area contributed by atoms with Crippen LogP contribution in [0.2, 0.25) is 25.4 Å². The molecule has 0 aromatic heterocycles. The number of hydrogen-bond acceptors (Lipinski definition) is 36. The molecule has 0 saturated heterocycles. The third-order valence-corrected chi connectivity index (χ3v) is 23.1. The van der Waals surface area contributed by atoms with Crippen molar-refractivity contribution in [3.05, 3.63) is 288 Å². The van der Waals surface area contributed by atoms with Crippen molar-refractivity contribution in [3.63, 3.8) is 0 Å². The third-order valence-electron chi connectivity index (χ3n) is 17.9. The van der Waals surface area contributed by atoms with E-state index in [4.69, 9.17) is 96.7 Å². The fraction of sp³-hybridized carbons (Fsp3) is 0.235. The van der Waals surface area contributed by atoms with Gasteiger partial charge >= 0.3 is 35.8 Å². The fourth-order valence-corrected chi connectivity index (χ4v) is 15.4. The first-order valence-electron chi connectivity index (χ1n) is 65.2. The lowest BCUT2D eigenvalue weighted by Gasteiger charge is -2.17. The summed E-state index contributed by atoms with van der Waals surface area (Å²) in [6, 6.07) is 54.8. The minimum atomic E-state index is -5.08. The van der Waals surface area contributed by atoms with E-state index in [1.807, 2.05) is 0 Å². The average Bonchev–Trinajstić information content (AvgIpc) is 0.731. The molecular weight excluding hydrogens is 2070 g/mol. The van der Waals surface area contributed by atoms with E-state index in [0.717, 1.165) is 75.5 Å². The van der Waals surface area contributed by atoms with Crippen LogP contribution < -0.4 is 91.0 Å². The summed E-state index contributed by atoms with van der Waals surface area (Å²) in [6.45, 7) is -8.61. The molecule has 0 aliphatic rings. The SMILES string of the molecule is [2H]OC(=O)c1cc(N([2H])C([2H])([2H])C([2H])([2H])C([2H])([2H])C)c(Oc2ccccc2)c(S(=O)(=O)N([2H])[2H])c1.[2H]OC(=O)c1cc(N([2H])C([2H])([2H])CC([2H])([2H])C)c(Oc2ccccc2)c(S(=O)(=O)N([2H])[2H])c1.[2H]OC(=O)c1cc(N([2H])C([2H])C([2H])([2H])C([2H])([2H])C)c(Oc2ccccc2)c(S(=O)(=O)N([2H])[2H])c1.[2H]OC(=O)c1cc(N([2H])C([2H])CC([2H])([2H])C)c(Oc2ccccc2)c(S(=O)(=O)N([2H])[2H])c1.[2H]OC(=O)c1cc(N([2H])CC([2H])([2H])C([2H])([2H])C)c(Oc2ccccc2)c(S(=O)(=O)N([2H])[2H])c1.[2H]OC(=O)c1cc(N([2H])CCCC([2H])([2H])[2H])c(Oc2ccccc2)c(S(=O)(=O)N([2H])[2H])c1. The first-order chi connectivity index (χ1) is 91.3. The van der Waals surface area contributed by atoms with Crippen molar-refractivity contribution in [1.29, 1.82) is 8.59 Å². The molecule has 0 radical (unpaired) electrons. The molecule has 0 heterocycles. The number of carboxylic acid groups (broad SMARTS) is 6. The maximum Gasteiger partial charge on any atom is 0.335 e. The Bertz CT molecular complexity index is 9410. The van der Waals surface area contributed by atoms with E-state index in [1.165, 1.54) is 104 Å². The normalized spacial score (nSPS) is 17.3. The van der Waals surface area contributed by atoms with Gasteiger partial charge in [-0.3, -0.25) is 0 Å². The maximum absolute atomic E-state index is 12.8. The zero-order valence-corrected chi connectivity index (χ0v) is 83.1. The van der Waals surface area contributed by atoms with Crippen LogP contribution in [0.1, 0.15) is 215 Å². The lowest BCUT2D eigenvalue weighted by molar-refractivity contribution is 0.0685. The van der Waals surface area contributed by atoms with Crippen LogP contribution in [0.25, 0.3) is 8.59 Å². The first kappa shape index (κ1) is 66.8. The number of rotatable bonds is 54. The average molecular weight is 2240 g/mol. The van der Waals surface area contributed by atoms with Gasteiger partial charge in [0.05, 0.1) is 67.5 Å². The molecule has 42 nitrogen and oxygen atoms in total. The molecule has 0 aliphatic heterocycles. The monoisotopic (exact) mass is 2230 g/mol. The summed E-state index contributed by atoms with van der Waals surface area (Å²) in [5.41, 5.74) is -6.93. The third kappa shape index (κ3) is 39.0. The quantitative estimate of drug-likeness (QED) is 0.0168. The number of aromatic carboxylic acids is 6. The summed E-state index contributed by atoms with van der Waals surface area (Å²) in [5, 5.41) is 20.8. The van der Waals surface area contributed by atoms with E-state index in [0.29, 0.717) is 41.0 Å². The second-order valence-corrected chi connectivity index (χ2v) is 37.0. The Labute approximate surface area is 940 Å². The smallest absolute Gasteiger partial charge is 0.335 e. The van der Waals surface area contributed by atoms with Crippen LogP contribution in [0, 0.1) is 0 Å². The van der Waals surface area contributed by atoms with Crippen molar-refractivity contribution in [1.82, 2.24) is 0 Å². The van der Waals surface area contributed by atoms with E-state index >= 15 is 0 Å². The van der Waals surface area contributed by atoms with Crippen LogP contribution in [0.15, 0.2) is 284 Å². The molecule has 150 heavy (non-hydrogen) atoms. The van der Waals surface area contributed by atoms with E-state index in [2.05, 4.69) is 30.7 Å². The molecule has 12 rings (SSSR count). The van der Waals surface area contributed by atoms with Gasteiger partial charge in [-0.25, -0.2) is 110 Å². The van der Waals surface area contributed by atoms with Crippen LogP contribution >= 0.6 is 0 Å². The van der Waals surface area contributed by atoms with Crippen molar-refractivity contribution in [2.24, 2.45) is 30.8 Å². The highest BCUT2D eigenvalue weighted by atomic mass is 32.2. The number of benzene rings is 12. The number of carboxylic acids is 6. The van der Waals surface area contributed by atoms with Crippen LogP contribution in [0.4, 0.5) is 34.1 Å². The Morgan fingerprint density at radius 3 is 0.733 bits per heavy atom. The summed E-state index contributed by atoms with van der Waals surface area (Å²) in [7, 11) is -29.7. The van der Waals surface area contributed by atoms with Crippen LogP contribution in [0.3, 0.4) is 0 Å². The van der Waals surface area contributed by atoms with Gasteiger partial charge in [0.15, 0.2) is 43.0 Å². The Hall–Kier alpha value is -15.5. The Kier molecular flexibility index (Phi) is 26.0. The second kappa shape index (κ2) is 58.3. The number of carbonyl (C=O) groups is 6. The zero-order chi connectivity index (χ0) is 152. The molecule has 0 bridgehead atoms. The van der Waals surface area contributed by atoms with Crippen LogP contribution in [-0.2, 0) is 60.1 Å². The first-order valence-corrected chi connectivity index (χ1v) is 50.7. The highest BCUT2D eigenvalue weighted by molar-refractivity contribution is 7.90. The number of nitrogens with two attached hydrogens (primary N) is 6. The predicted octanol–water partition coefficient (Wildman–Crippen LogP) is 18.2. The Morgan fingerprint density at radius 2 is 0.507 bits per heavy atom. The van der Waals surface area contributed by atoms with Gasteiger partial charge in [-0.15, -0.1) is 0 Å². The molecule has 0 saturated carbocycles. The zero-order valence-electron chi connectivity index (χ0n) is 127. The van der Waals surface area contributed by atoms with E-state index in [1.54, 1.807) is 84.9 Å². The van der Waals surface area contributed by atoms with Gasteiger partial charge in [0.1, 0.15) is 80.8 Å². The summed E-state index contributed by atoms with van der Waals surface area (Å²) in [4.78, 5) is 66.4. The number of ether oxygens (including phenoxy) is 6. The van der Waals surface area contributed by atoms with Crippen molar-refractivity contribution >= 4 is 130 Å². The second-order valence-electron chi connectivity index (χ2n) is 28.7. The van der Waals surface area contributed by atoms with Gasteiger partial charge < -0.3 is 90.9 Å². The molecule has 0 aliphatic carbocycles. The molecular formula is C102H120N12O30S6. The van der Waals surface area contributed by atoms with Crippen molar-refractivity contribution < 1.29 is 198 Å². The van der Waals surface area contributed by atoms with Gasteiger partial charge in [0.2, 0.25) is 60.1 Å².